The zero-order valence-electron chi connectivity index (χ0n) is 2.82. The summed E-state index contributed by atoms with van der Waals surface area (Å²) in [6.45, 7) is 4.00. The molecule has 4 heavy (non-hydrogen) atoms. The van der Waals surface area contributed by atoms with Gasteiger partial charge in [0.05, 0.1) is 0 Å². The van der Waals surface area contributed by atoms with Crippen LogP contribution in [0.1, 0.15) is 13.8 Å². The lowest BCUT2D eigenvalue weighted by atomic mass is 11.0. The smallest absolute Gasteiger partial charge is 0.0683 e. The van der Waals surface area contributed by atoms with Crippen LogP contribution in [0.25, 0.3) is 0 Å². The number of rotatable bonds is 0. The minimum Gasteiger partial charge on any atom is -0.147 e. The van der Waals surface area contributed by atoms with Crippen LogP contribution in [0.2, 0.25) is 0 Å². The first kappa shape index (κ1) is 21.6. The molecule has 0 spiro atoms. The summed E-state index contributed by atoms with van der Waals surface area (Å²) in [6, 6.07) is 0. The molecule has 0 aliphatic rings. The average Bonchev–Trinajstić information content (AvgIpc) is 1.00. The van der Waals surface area contributed by atoms with Gasteiger partial charge in [-0.25, -0.2) is 0 Å². The lowest BCUT2D eigenvalue weighted by molar-refractivity contribution is 1.50. The van der Waals surface area contributed by atoms with E-state index in [0.717, 1.165) is 0 Å². The fourth-order valence-corrected chi connectivity index (χ4v) is 0. The lowest BCUT2D eigenvalue weighted by Crippen LogP contribution is -0.856. The monoisotopic (exact) mass is 146 g/mol. The van der Waals surface area contributed by atoms with Crippen molar-refractivity contribution in [1.29, 1.82) is 0 Å². The number of hydrogen-bond donors (Lipinski definition) is 0. The van der Waals surface area contributed by atoms with Crippen molar-refractivity contribution in [1.82, 2.24) is 0 Å². The second-order valence-electron chi connectivity index (χ2n) is 0. The van der Waals surface area contributed by atoms with Crippen molar-refractivity contribution in [3.63, 3.8) is 0 Å². The Morgan fingerprint density at radius 1 is 1.00 bits per heavy atom. The van der Waals surface area contributed by atoms with E-state index < -0.39 is 0 Å². The van der Waals surface area contributed by atoms with Crippen molar-refractivity contribution >= 4 is 29.4 Å². The predicted molar refractivity (Wildman–Crippen MR) is 28.9 cm³/mol. The Labute approximate surface area is 43.8 Å². The molecular weight excluding hydrogens is 139 g/mol. The first-order valence-electron chi connectivity index (χ1n) is 1.00. The Balaban J connectivity index is -0.00000000500. The molecule has 0 bridgehead atoms. The van der Waals surface area contributed by atoms with Crippen molar-refractivity contribution in [3.05, 3.63) is 0 Å². The van der Waals surface area contributed by atoms with Crippen LogP contribution in [0.3, 0.4) is 0 Å². The van der Waals surface area contributed by atoms with Crippen LogP contribution < -0.4 is 0 Å². The zero-order valence-corrected chi connectivity index (χ0v) is 5.35. The van der Waals surface area contributed by atoms with Crippen molar-refractivity contribution < 1.29 is 0 Å². The highest BCUT2D eigenvalue weighted by Gasteiger charge is 0.932. The summed E-state index contributed by atoms with van der Waals surface area (Å²) in [7, 11) is 0. The van der Waals surface area contributed by atoms with Crippen LogP contribution in [0, 0.1) is 0 Å². The lowest BCUT2D eigenvalue weighted by Gasteiger charge is -1.07. The van der Waals surface area contributed by atoms with Gasteiger partial charge in [-0.1, -0.05) is 13.8 Å². The molecule has 0 aliphatic carbocycles. The van der Waals surface area contributed by atoms with Crippen molar-refractivity contribution in [2.24, 2.45) is 0 Å². The van der Waals surface area contributed by atoms with Crippen LogP contribution in [-0.2, 0) is 0 Å². The van der Waals surface area contributed by atoms with E-state index in [2.05, 4.69) is 0 Å². The van der Waals surface area contributed by atoms with Crippen molar-refractivity contribution in [3.8, 4) is 0 Å². The molecule has 0 atom stereocenters. The molecule has 0 saturated carbocycles. The van der Waals surface area contributed by atoms with Gasteiger partial charge in [-0.15, -0.1) is 29.4 Å². The molecule has 0 amide bonds. The van der Waals surface area contributed by atoms with Crippen LogP contribution in [0.4, 0.5) is 0 Å². The van der Waals surface area contributed by atoms with E-state index >= 15 is 0 Å². The zero-order chi connectivity index (χ0) is 2.00. The van der Waals surface area contributed by atoms with Crippen molar-refractivity contribution in [2.75, 3.05) is 0 Å². The van der Waals surface area contributed by atoms with Crippen LogP contribution >= 0.6 is 29.4 Å². The van der Waals surface area contributed by atoms with E-state index in [9.17, 15) is 0 Å². The SMILES string of the molecule is Br.CC.Cl. The third-order valence-electron chi connectivity index (χ3n) is 0. The molecule has 0 aromatic heterocycles. The molecule has 0 heterocycles. The minimum atomic E-state index is 0. The fourth-order valence-electron chi connectivity index (χ4n) is 0. The average molecular weight is 147 g/mol. The van der Waals surface area contributed by atoms with E-state index in [4.69, 9.17) is 0 Å². The van der Waals surface area contributed by atoms with Gasteiger partial charge in [-0.05, 0) is 0 Å². The summed E-state index contributed by atoms with van der Waals surface area (Å²) < 4.78 is 0. The van der Waals surface area contributed by atoms with Gasteiger partial charge in [0.2, 0.25) is 0 Å². The standard InChI is InChI=1S/C2H6.BrH.ClH/c1-2;;/h1-2H3;2*1H. The third-order valence-corrected chi connectivity index (χ3v) is 0. The summed E-state index contributed by atoms with van der Waals surface area (Å²) >= 11 is 0. The molecule has 30 valence electrons. The quantitative estimate of drug-likeness (QED) is 0.492. The third kappa shape index (κ3) is 14.6. The maximum atomic E-state index is 2.00. The summed E-state index contributed by atoms with van der Waals surface area (Å²) in [5.74, 6) is 0. The summed E-state index contributed by atoms with van der Waals surface area (Å²) in [6.07, 6.45) is 0. The normalized spacial score (nSPS) is 1.50. The van der Waals surface area contributed by atoms with Gasteiger partial charge in [0.1, 0.15) is 0 Å². The molecule has 0 aliphatic heterocycles. The molecule has 0 aromatic rings. The molecule has 0 aromatic carbocycles. The van der Waals surface area contributed by atoms with Crippen molar-refractivity contribution in [2.45, 2.75) is 13.8 Å². The van der Waals surface area contributed by atoms with Gasteiger partial charge >= 0.3 is 0 Å². The highest BCUT2D eigenvalue weighted by atomic mass is 79.9. The Morgan fingerprint density at radius 3 is 1.00 bits per heavy atom. The maximum absolute atomic E-state index is 2.00. The Hall–Kier alpha value is 0.770. The van der Waals surface area contributed by atoms with Gasteiger partial charge in [0.25, 0.3) is 0 Å². The predicted octanol–water partition coefficient (Wildman–Crippen LogP) is 2.03. The molecule has 0 saturated heterocycles. The molecule has 0 N–H and O–H groups in total. The van der Waals surface area contributed by atoms with E-state index in [1.807, 2.05) is 13.8 Å². The Kier molecular flexibility index (Phi) is 264. The molecule has 0 radical (unpaired) electrons. The van der Waals surface area contributed by atoms with Gasteiger partial charge in [0, 0.05) is 0 Å². The minimum absolute atomic E-state index is 0. The summed E-state index contributed by atoms with van der Waals surface area (Å²) in [4.78, 5) is 0. The van der Waals surface area contributed by atoms with E-state index in [-0.39, 0.29) is 29.4 Å². The Morgan fingerprint density at radius 2 is 1.00 bits per heavy atom. The first-order chi connectivity index (χ1) is 1.00. The van der Waals surface area contributed by atoms with E-state index in [1.54, 1.807) is 0 Å². The van der Waals surface area contributed by atoms with Crippen LogP contribution in [-0.4, -0.2) is 0 Å². The highest BCUT2D eigenvalue weighted by molar-refractivity contribution is 8.93. The second kappa shape index (κ2) is 48.8. The number of halogens is 2. The molecule has 2 heteroatoms. The Bertz CT molecular complexity index is 6.00. The van der Waals surface area contributed by atoms with E-state index in [0.29, 0.717) is 0 Å². The molecule has 0 rings (SSSR count). The van der Waals surface area contributed by atoms with Gasteiger partial charge < -0.3 is 0 Å². The fraction of sp³-hybridized carbons (Fsp3) is 1.00. The number of hydrogen-bond acceptors (Lipinski definition) is 0. The van der Waals surface area contributed by atoms with Gasteiger partial charge in [0.15, 0.2) is 0 Å². The molecular formula is C2H8BrCl. The summed E-state index contributed by atoms with van der Waals surface area (Å²) in [5.41, 5.74) is 0. The van der Waals surface area contributed by atoms with Crippen LogP contribution in [0.5, 0.6) is 0 Å². The molecule has 0 nitrogen and oxygen atoms in total. The van der Waals surface area contributed by atoms with E-state index in [1.165, 1.54) is 0 Å². The van der Waals surface area contributed by atoms with Gasteiger partial charge in [-0.3, -0.25) is 0 Å². The molecule has 0 fully saturated rings. The second-order valence-corrected chi connectivity index (χ2v) is 0. The largest absolute Gasteiger partial charge is 0.147 e. The molecule has 0 unspecified atom stereocenters. The first-order valence-corrected chi connectivity index (χ1v) is 1.00. The highest BCUT2D eigenvalue weighted by Crippen LogP contribution is 1.14. The summed E-state index contributed by atoms with van der Waals surface area (Å²) in [5, 5.41) is 0. The van der Waals surface area contributed by atoms with Gasteiger partial charge in [-0.2, -0.15) is 0 Å². The topological polar surface area (TPSA) is 0 Å². The maximum Gasteiger partial charge on any atom is -0.0683 e. The van der Waals surface area contributed by atoms with Crippen LogP contribution in [0.15, 0.2) is 0 Å².